The van der Waals surface area contributed by atoms with Gasteiger partial charge in [0.2, 0.25) is 0 Å². The number of aromatic nitrogens is 1. The van der Waals surface area contributed by atoms with Gasteiger partial charge >= 0.3 is 0 Å². The molecule has 0 aliphatic carbocycles. The molecule has 0 fully saturated rings. The number of anilines is 2. The maximum absolute atomic E-state index is 4.65. The second-order valence-corrected chi connectivity index (χ2v) is 6.66. The number of benzene rings is 1. The number of hydrogen-bond donors (Lipinski definition) is 1. The molecule has 1 aliphatic rings. The van der Waals surface area contributed by atoms with Gasteiger partial charge in [-0.15, -0.1) is 0 Å². The Morgan fingerprint density at radius 3 is 2.67 bits per heavy atom. The van der Waals surface area contributed by atoms with E-state index in [0.717, 1.165) is 25.3 Å². The number of para-hydroxylation sites is 1. The molecule has 3 heteroatoms. The Balaban J connectivity index is 1.74. The Morgan fingerprint density at radius 1 is 1.14 bits per heavy atom. The fourth-order valence-electron chi connectivity index (χ4n) is 2.62. The quantitative estimate of drug-likeness (QED) is 0.930. The highest BCUT2D eigenvalue weighted by Gasteiger charge is 2.20. The summed E-state index contributed by atoms with van der Waals surface area (Å²) in [7, 11) is 0. The van der Waals surface area contributed by atoms with Gasteiger partial charge in [0, 0.05) is 30.5 Å². The summed E-state index contributed by atoms with van der Waals surface area (Å²) in [5.41, 5.74) is 4.07. The Hall–Kier alpha value is -1.87. The van der Waals surface area contributed by atoms with Crippen molar-refractivity contribution in [1.29, 1.82) is 0 Å². The number of fused-ring (bicyclic) bond motifs is 1. The number of hydrogen-bond acceptors (Lipinski definition) is 3. The summed E-state index contributed by atoms with van der Waals surface area (Å²) in [6.45, 7) is 8.40. The summed E-state index contributed by atoms with van der Waals surface area (Å²) in [6, 6.07) is 12.9. The number of pyridine rings is 1. The zero-order valence-electron chi connectivity index (χ0n) is 13.1. The average Bonchev–Trinajstić information content (AvgIpc) is 2.89. The van der Waals surface area contributed by atoms with Crippen LogP contribution in [0.3, 0.4) is 0 Å². The van der Waals surface area contributed by atoms with Gasteiger partial charge in [-0.1, -0.05) is 24.3 Å². The van der Waals surface area contributed by atoms with Gasteiger partial charge in [0.15, 0.2) is 0 Å². The van der Waals surface area contributed by atoms with Crippen molar-refractivity contribution in [2.75, 3.05) is 11.4 Å². The molecule has 0 amide bonds. The maximum atomic E-state index is 4.65. The minimum absolute atomic E-state index is 0.132. The van der Waals surface area contributed by atoms with Crippen molar-refractivity contribution in [3.05, 3.63) is 53.7 Å². The molecule has 1 aromatic carbocycles. The summed E-state index contributed by atoms with van der Waals surface area (Å²) in [4.78, 5) is 6.95. The average molecular weight is 281 g/mol. The van der Waals surface area contributed by atoms with Crippen molar-refractivity contribution < 1.29 is 0 Å². The van der Waals surface area contributed by atoms with Gasteiger partial charge in [-0.3, -0.25) is 0 Å². The molecular formula is C18H23N3. The maximum Gasteiger partial charge on any atom is 0.132 e. The Kier molecular flexibility index (Phi) is 3.68. The highest BCUT2D eigenvalue weighted by atomic mass is 15.2. The van der Waals surface area contributed by atoms with Crippen LogP contribution in [-0.2, 0) is 13.0 Å². The predicted octanol–water partition coefficient (Wildman–Crippen LogP) is 3.66. The molecule has 0 saturated heterocycles. The molecule has 110 valence electrons. The van der Waals surface area contributed by atoms with Crippen LogP contribution in [0.2, 0.25) is 0 Å². The minimum atomic E-state index is 0.132. The van der Waals surface area contributed by atoms with E-state index in [-0.39, 0.29) is 5.54 Å². The molecule has 2 heterocycles. The SMILES string of the molecule is CC(C)(C)NCc1ccc(N2CCc3ccccc32)nc1. The molecule has 0 bridgehead atoms. The van der Waals surface area contributed by atoms with Crippen molar-refractivity contribution >= 4 is 11.5 Å². The van der Waals surface area contributed by atoms with Gasteiger partial charge in [-0.2, -0.15) is 0 Å². The fourth-order valence-corrected chi connectivity index (χ4v) is 2.62. The molecule has 1 N–H and O–H groups in total. The smallest absolute Gasteiger partial charge is 0.132 e. The molecule has 0 spiro atoms. The first-order chi connectivity index (χ1) is 10.0. The van der Waals surface area contributed by atoms with E-state index in [1.54, 1.807) is 0 Å². The highest BCUT2D eigenvalue weighted by Crippen LogP contribution is 2.32. The van der Waals surface area contributed by atoms with Crippen molar-refractivity contribution in [2.24, 2.45) is 0 Å². The third-order valence-electron chi connectivity index (χ3n) is 3.80. The van der Waals surface area contributed by atoms with Gasteiger partial charge in [-0.25, -0.2) is 4.98 Å². The second-order valence-electron chi connectivity index (χ2n) is 6.66. The lowest BCUT2D eigenvalue weighted by Gasteiger charge is -2.21. The van der Waals surface area contributed by atoms with E-state index in [1.165, 1.54) is 16.8 Å². The third-order valence-corrected chi connectivity index (χ3v) is 3.80. The largest absolute Gasteiger partial charge is 0.326 e. The van der Waals surface area contributed by atoms with E-state index in [9.17, 15) is 0 Å². The van der Waals surface area contributed by atoms with Crippen LogP contribution in [-0.4, -0.2) is 17.1 Å². The van der Waals surface area contributed by atoms with Crippen molar-refractivity contribution in [3.63, 3.8) is 0 Å². The fraction of sp³-hybridized carbons (Fsp3) is 0.389. The van der Waals surface area contributed by atoms with Crippen molar-refractivity contribution in [1.82, 2.24) is 10.3 Å². The minimum Gasteiger partial charge on any atom is -0.326 e. The number of rotatable bonds is 3. The van der Waals surface area contributed by atoms with Crippen LogP contribution < -0.4 is 10.2 Å². The predicted molar refractivity (Wildman–Crippen MR) is 88.0 cm³/mol. The first kappa shape index (κ1) is 14.1. The highest BCUT2D eigenvalue weighted by molar-refractivity contribution is 5.67. The Morgan fingerprint density at radius 2 is 1.95 bits per heavy atom. The molecule has 3 rings (SSSR count). The van der Waals surface area contributed by atoms with Crippen LogP contribution in [0, 0.1) is 0 Å². The van der Waals surface area contributed by atoms with Crippen LogP contribution in [0.4, 0.5) is 11.5 Å². The lowest BCUT2D eigenvalue weighted by Crippen LogP contribution is -2.35. The first-order valence-corrected chi connectivity index (χ1v) is 7.58. The zero-order chi connectivity index (χ0) is 14.9. The molecular weight excluding hydrogens is 258 g/mol. The topological polar surface area (TPSA) is 28.2 Å². The van der Waals surface area contributed by atoms with Crippen LogP contribution in [0.15, 0.2) is 42.6 Å². The number of nitrogens with one attached hydrogen (secondary N) is 1. The van der Waals surface area contributed by atoms with Crippen LogP contribution in [0.5, 0.6) is 0 Å². The molecule has 1 aromatic heterocycles. The van der Waals surface area contributed by atoms with Crippen molar-refractivity contribution in [3.8, 4) is 0 Å². The molecule has 3 nitrogen and oxygen atoms in total. The van der Waals surface area contributed by atoms with Gasteiger partial charge in [0.1, 0.15) is 5.82 Å². The standard InChI is InChI=1S/C18H23N3/c1-18(2,3)20-13-14-8-9-17(19-12-14)21-11-10-15-6-4-5-7-16(15)21/h4-9,12,20H,10-11,13H2,1-3H3. The summed E-state index contributed by atoms with van der Waals surface area (Å²) in [6.07, 6.45) is 3.08. The van der Waals surface area contributed by atoms with Gasteiger partial charge in [0.25, 0.3) is 0 Å². The zero-order valence-corrected chi connectivity index (χ0v) is 13.1. The van der Waals surface area contributed by atoms with E-state index in [4.69, 9.17) is 0 Å². The first-order valence-electron chi connectivity index (χ1n) is 7.58. The third kappa shape index (κ3) is 3.24. The van der Waals surface area contributed by atoms with Crippen LogP contribution >= 0.6 is 0 Å². The Labute approximate surface area is 127 Å². The monoisotopic (exact) mass is 281 g/mol. The second kappa shape index (κ2) is 5.49. The summed E-state index contributed by atoms with van der Waals surface area (Å²) < 4.78 is 0. The van der Waals surface area contributed by atoms with Crippen LogP contribution in [0.1, 0.15) is 31.9 Å². The van der Waals surface area contributed by atoms with E-state index < -0.39 is 0 Å². The van der Waals surface area contributed by atoms with E-state index in [0.29, 0.717) is 0 Å². The molecule has 0 saturated carbocycles. The molecule has 0 unspecified atom stereocenters. The summed E-state index contributed by atoms with van der Waals surface area (Å²) in [5, 5.41) is 3.49. The molecule has 0 atom stereocenters. The lowest BCUT2D eigenvalue weighted by molar-refractivity contribution is 0.424. The van der Waals surface area contributed by atoms with Crippen LogP contribution in [0.25, 0.3) is 0 Å². The molecule has 0 radical (unpaired) electrons. The molecule has 2 aromatic rings. The molecule has 1 aliphatic heterocycles. The summed E-state index contributed by atoms with van der Waals surface area (Å²) >= 11 is 0. The Bertz CT molecular complexity index is 611. The van der Waals surface area contributed by atoms with E-state index >= 15 is 0 Å². The normalized spacial score (nSPS) is 14.3. The van der Waals surface area contributed by atoms with Crippen molar-refractivity contribution in [2.45, 2.75) is 39.3 Å². The van der Waals surface area contributed by atoms with E-state index in [2.05, 4.69) is 72.4 Å². The van der Waals surface area contributed by atoms with Gasteiger partial charge < -0.3 is 10.2 Å². The summed E-state index contributed by atoms with van der Waals surface area (Å²) in [5.74, 6) is 1.04. The lowest BCUT2D eigenvalue weighted by atomic mass is 10.1. The molecule has 21 heavy (non-hydrogen) atoms. The van der Waals surface area contributed by atoms with Gasteiger partial charge in [0.05, 0.1) is 0 Å². The van der Waals surface area contributed by atoms with E-state index in [1.807, 2.05) is 6.20 Å². The van der Waals surface area contributed by atoms with Gasteiger partial charge in [-0.05, 0) is 50.5 Å². The number of nitrogens with zero attached hydrogens (tertiary/aromatic N) is 2.